The van der Waals surface area contributed by atoms with E-state index in [4.69, 9.17) is 5.11 Å². The number of aliphatic hydroxyl groups excluding tert-OH is 1. The van der Waals surface area contributed by atoms with Crippen LogP contribution in [0.3, 0.4) is 0 Å². The number of amides is 1. The Bertz CT molecular complexity index is 518. The van der Waals surface area contributed by atoms with Gasteiger partial charge in [-0.3, -0.25) is 4.79 Å². The quantitative estimate of drug-likeness (QED) is 0.781. The van der Waals surface area contributed by atoms with E-state index in [1.807, 2.05) is 0 Å². The Kier molecular flexibility index (Phi) is 3.43. The Morgan fingerprint density at radius 2 is 2.00 bits per heavy atom. The molecule has 0 radical (unpaired) electrons. The number of rotatable bonds is 3. The number of carbonyl (C=O) groups excluding carboxylic acids is 1. The molecule has 5 heteroatoms. The summed E-state index contributed by atoms with van der Waals surface area (Å²) in [6.07, 6.45) is 1.72. The van der Waals surface area contributed by atoms with E-state index in [9.17, 15) is 9.90 Å². The molecule has 1 heterocycles. The maximum atomic E-state index is 12.0. The molecular formula is C13H14N2O3. The molecule has 0 saturated carbocycles. The lowest BCUT2D eigenvalue weighted by molar-refractivity contribution is -0.126. The minimum atomic E-state index is -0.213. The summed E-state index contributed by atoms with van der Waals surface area (Å²) < 4.78 is 0. The van der Waals surface area contributed by atoms with E-state index in [1.165, 1.54) is 5.01 Å². The summed E-state index contributed by atoms with van der Waals surface area (Å²) in [5.74, 6) is -0.0307. The lowest BCUT2D eigenvalue weighted by Crippen LogP contribution is -2.25. The molecule has 1 aromatic carbocycles. The second kappa shape index (κ2) is 5.01. The summed E-state index contributed by atoms with van der Waals surface area (Å²) in [4.78, 5) is 12.0. The monoisotopic (exact) mass is 246 g/mol. The van der Waals surface area contributed by atoms with Gasteiger partial charge >= 0.3 is 0 Å². The van der Waals surface area contributed by atoms with E-state index in [1.54, 1.807) is 37.3 Å². The summed E-state index contributed by atoms with van der Waals surface area (Å²) >= 11 is 0. The van der Waals surface area contributed by atoms with E-state index >= 15 is 0 Å². The molecule has 0 aromatic heterocycles. The molecule has 0 bridgehead atoms. The van der Waals surface area contributed by atoms with E-state index in [2.05, 4.69) is 5.10 Å². The minimum absolute atomic E-state index is 0.116. The molecule has 0 atom stereocenters. The van der Waals surface area contributed by atoms with Crippen LogP contribution in [0.25, 0.3) is 6.08 Å². The Hall–Kier alpha value is -2.14. The lowest BCUT2D eigenvalue weighted by atomic mass is 10.1. The Balaban J connectivity index is 2.26. The first-order chi connectivity index (χ1) is 8.61. The number of aliphatic hydroxyl groups is 1. The predicted molar refractivity (Wildman–Crippen MR) is 68.0 cm³/mol. The molecular weight excluding hydrogens is 232 g/mol. The summed E-state index contributed by atoms with van der Waals surface area (Å²) in [7, 11) is 0. The number of aromatic hydroxyl groups is 1. The van der Waals surface area contributed by atoms with Crippen LogP contribution in [-0.4, -0.2) is 40.0 Å². The van der Waals surface area contributed by atoms with Gasteiger partial charge in [-0.05, 0) is 30.7 Å². The van der Waals surface area contributed by atoms with Gasteiger partial charge in [0.15, 0.2) is 0 Å². The third-order valence-corrected chi connectivity index (χ3v) is 2.64. The molecule has 0 saturated heterocycles. The topological polar surface area (TPSA) is 73.1 Å². The number of hydrogen-bond acceptors (Lipinski definition) is 4. The van der Waals surface area contributed by atoms with Crippen LogP contribution >= 0.6 is 0 Å². The van der Waals surface area contributed by atoms with E-state index in [-0.39, 0.29) is 24.8 Å². The van der Waals surface area contributed by atoms with Crippen molar-refractivity contribution in [3.8, 4) is 5.75 Å². The van der Waals surface area contributed by atoms with Crippen LogP contribution in [0.1, 0.15) is 12.5 Å². The van der Waals surface area contributed by atoms with Crippen molar-refractivity contribution < 1.29 is 15.0 Å². The van der Waals surface area contributed by atoms with Crippen LogP contribution in [0.5, 0.6) is 5.75 Å². The number of hydrogen-bond donors (Lipinski definition) is 2. The molecule has 0 fully saturated rings. The van der Waals surface area contributed by atoms with Gasteiger partial charge in [-0.2, -0.15) is 5.10 Å². The highest BCUT2D eigenvalue weighted by Gasteiger charge is 2.26. The fourth-order valence-corrected chi connectivity index (χ4v) is 1.72. The van der Waals surface area contributed by atoms with Gasteiger partial charge in [-0.15, -0.1) is 0 Å². The van der Waals surface area contributed by atoms with E-state index in [0.717, 1.165) is 5.56 Å². The molecule has 94 valence electrons. The average Bonchev–Trinajstić information content (AvgIpc) is 2.60. The molecule has 18 heavy (non-hydrogen) atoms. The van der Waals surface area contributed by atoms with Crippen molar-refractivity contribution in [2.45, 2.75) is 6.92 Å². The average molecular weight is 246 g/mol. The normalized spacial score (nSPS) is 17.4. The third-order valence-electron chi connectivity index (χ3n) is 2.64. The van der Waals surface area contributed by atoms with Gasteiger partial charge < -0.3 is 10.2 Å². The summed E-state index contributed by atoms with van der Waals surface area (Å²) in [6, 6.07) is 6.56. The number of phenols is 1. The van der Waals surface area contributed by atoms with Crippen LogP contribution in [0, 0.1) is 0 Å². The van der Waals surface area contributed by atoms with Crippen LogP contribution in [0.2, 0.25) is 0 Å². The first kappa shape index (κ1) is 12.3. The molecule has 0 spiro atoms. The summed E-state index contributed by atoms with van der Waals surface area (Å²) in [5.41, 5.74) is 1.95. The van der Waals surface area contributed by atoms with Crippen molar-refractivity contribution in [3.05, 3.63) is 35.4 Å². The smallest absolute Gasteiger partial charge is 0.275 e. The maximum absolute atomic E-state index is 12.0. The largest absolute Gasteiger partial charge is 0.508 e. The number of benzene rings is 1. The fraction of sp³-hybridized carbons (Fsp3) is 0.231. The number of hydrazone groups is 1. The van der Waals surface area contributed by atoms with Crippen molar-refractivity contribution in [1.29, 1.82) is 0 Å². The van der Waals surface area contributed by atoms with Gasteiger partial charge in [0.05, 0.1) is 24.4 Å². The summed E-state index contributed by atoms with van der Waals surface area (Å²) in [5, 5.41) is 23.3. The molecule has 0 aliphatic carbocycles. The maximum Gasteiger partial charge on any atom is 0.275 e. The van der Waals surface area contributed by atoms with Gasteiger partial charge in [0, 0.05) is 0 Å². The number of carbonyl (C=O) groups is 1. The Labute approximate surface area is 105 Å². The summed E-state index contributed by atoms with van der Waals surface area (Å²) in [6.45, 7) is 1.83. The molecule has 1 amide bonds. The van der Waals surface area contributed by atoms with Crippen LogP contribution in [0.4, 0.5) is 0 Å². The molecule has 0 unspecified atom stereocenters. The van der Waals surface area contributed by atoms with Crippen molar-refractivity contribution in [3.63, 3.8) is 0 Å². The Morgan fingerprint density at radius 3 is 2.61 bits per heavy atom. The molecule has 1 aromatic rings. The first-order valence-corrected chi connectivity index (χ1v) is 5.61. The van der Waals surface area contributed by atoms with Crippen LogP contribution in [-0.2, 0) is 4.79 Å². The first-order valence-electron chi connectivity index (χ1n) is 5.61. The van der Waals surface area contributed by atoms with Crippen molar-refractivity contribution in [2.24, 2.45) is 5.10 Å². The minimum Gasteiger partial charge on any atom is -0.508 e. The van der Waals surface area contributed by atoms with Crippen molar-refractivity contribution in [1.82, 2.24) is 5.01 Å². The highest BCUT2D eigenvalue weighted by Crippen LogP contribution is 2.19. The second-order valence-electron chi connectivity index (χ2n) is 3.99. The van der Waals surface area contributed by atoms with Crippen LogP contribution < -0.4 is 0 Å². The van der Waals surface area contributed by atoms with Crippen LogP contribution in [0.15, 0.2) is 34.9 Å². The predicted octanol–water partition coefficient (Wildman–Crippen LogP) is 0.986. The number of β-amino-alcohol motifs (C(OH)–C–C–N with tert-alkyl or cyclic N) is 1. The van der Waals surface area contributed by atoms with E-state index in [0.29, 0.717) is 11.3 Å². The van der Waals surface area contributed by atoms with Gasteiger partial charge in [-0.25, -0.2) is 5.01 Å². The van der Waals surface area contributed by atoms with Gasteiger partial charge in [0.25, 0.3) is 5.91 Å². The molecule has 2 rings (SSSR count). The zero-order valence-electron chi connectivity index (χ0n) is 10.00. The highest BCUT2D eigenvalue weighted by molar-refractivity contribution is 6.26. The molecule has 1 aliphatic heterocycles. The highest BCUT2D eigenvalue weighted by atomic mass is 16.3. The molecule has 5 nitrogen and oxygen atoms in total. The molecule has 2 N–H and O–H groups in total. The van der Waals surface area contributed by atoms with E-state index < -0.39 is 0 Å². The fourth-order valence-electron chi connectivity index (χ4n) is 1.72. The standard InChI is InChI=1S/C13H14N2O3/c1-9-12(13(18)15(14-9)6-7-16)8-10-2-4-11(17)5-3-10/h2-5,8,16-17H,6-7H2,1H3/b12-8-. The van der Waals surface area contributed by atoms with Gasteiger partial charge in [-0.1, -0.05) is 12.1 Å². The van der Waals surface area contributed by atoms with Crippen molar-refractivity contribution >= 4 is 17.7 Å². The second-order valence-corrected chi connectivity index (χ2v) is 3.99. The number of phenolic OH excluding ortho intramolecular Hbond substituents is 1. The lowest BCUT2D eigenvalue weighted by Gasteiger charge is -2.08. The SMILES string of the molecule is CC1=NN(CCO)C(=O)/C1=C\c1ccc(O)cc1. The van der Waals surface area contributed by atoms with Crippen molar-refractivity contribution in [2.75, 3.05) is 13.2 Å². The Morgan fingerprint density at radius 1 is 1.33 bits per heavy atom. The molecule has 1 aliphatic rings. The zero-order valence-corrected chi connectivity index (χ0v) is 10.00. The van der Waals surface area contributed by atoms with Gasteiger partial charge in [0.1, 0.15) is 5.75 Å². The zero-order chi connectivity index (χ0) is 13.1. The van der Waals surface area contributed by atoms with Gasteiger partial charge in [0.2, 0.25) is 0 Å². The third kappa shape index (κ3) is 2.41. The number of nitrogens with zero attached hydrogens (tertiary/aromatic N) is 2.